The molecule has 1 aliphatic rings. The summed E-state index contributed by atoms with van der Waals surface area (Å²) in [6, 6.07) is 17.2. The van der Waals surface area contributed by atoms with E-state index in [-0.39, 0.29) is 18.4 Å². The highest BCUT2D eigenvalue weighted by molar-refractivity contribution is 6.07. The standard InChI is InChI=1S/C22H22N4O3/c1-25-14-17(13-24-25)22(28)26-15-20(29-19-10-6-5-9-18(19)26)21(27)23-12-11-16-7-3-2-4-8-16/h2-10,13-14,20H,11-12,15H2,1H3,(H,23,27)/t20-/m1/s1. The molecular weight excluding hydrogens is 368 g/mol. The monoisotopic (exact) mass is 390 g/mol. The highest BCUT2D eigenvalue weighted by Crippen LogP contribution is 2.34. The van der Waals surface area contributed by atoms with E-state index in [0.717, 1.165) is 12.0 Å². The second-order valence-corrected chi connectivity index (χ2v) is 6.92. The molecule has 1 aromatic heterocycles. The molecule has 0 spiro atoms. The average Bonchev–Trinajstić information content (AvgIpc) is 3.19. The summed E-state index contributed by atoms with van der Waals surface area (Å²) in [5.41, 5.74) is 2.26. The first kappa shape index (κ1) is 18.7. The Balaban J connectivity index is 1.47. The van der Waals surface area contributed by atoms with Gasteiger partial charge in [-0.15, -0.1) is 0 Å². The molecule has 4 rings (SSSR count). The van der Waals surface area contributed by atoms with E-state index in [0.29, 0.717) is 23.5 Å². The molecule has 0 fully saturated rings. The summed E-state index contributed by atoms with van der Waals surface area (Å²) >= 11 is 0. The smallest absolute Gasteiger partial charge is 0.262 e. The molecule has 2 aromatic carbocycles. The lowest BCUT2D eigenvalue weighted by Crippen LogP contribution is -2.51. The Bertz CT molecular complexity index is 1020. The minimum atomic E-state index is -0.777. The van der Waals surface area contributed by atoms with Crippen LogP contribution in [0.2, 0.25) is 0 Å². The van der Waals surface area contributed by atoms with Gasteiger partial charge in [0.15, 0.2) is 6.10 Å². The van der Waals surface area contributed by atoms with Crippen molar-refractivity contribution < 1.29 is 14.3 Å². The molecule has 0 unspecified atom stereocenters. The van der Waals surface area contributed by atoms with Crippen molar-refractivity contribution in [1.82, 2.24) is 15.1 Å². The highest BCUT2D eigenvalue weighted by Gasteiger charge is 2.34. The number of anilines is 1. The van der Waals surface area contributed by atoms with Gasteiger partial charge in [-0.3, -0.25) is 14.3 Å². The van der Waals surface area contributed by atoms with Gasteiger partial charge in [0.05, 0.1) is 24.0 Å². The third kappa shape index (κ3) is 4.13. The molecule has 0 bridgehead atoms. The van der Waals surface area contributed by atoms with E-state index in [4.69, 9.17) is 4.74 Å². The SMILES string of the molecule is Cn1cc(C(=O)N2C[C@H](C(=O)NCCc3ccccc3)Oc3ccccc32)cn1. The second-order valence-electron chi connectivity index (χ2n) is 6.92. The lowest BCUT2D eigenvalue weighted by Gasteiger charge is -2.34. The van der Waals surface area contributed by atoms with Gasteiger partial charge in [0, 0.05) is 19.8 Å². The largest absolute Gasteiger partial charge is 0.477 e. The second kappa shape index (κ2) is 8.18. The third-order valence-electron chi connectivity index (χ3n) is 4.82. The van der Waals surface area contributed by atoms with Crippen LogP contribution < -0.4 is 15.0 Å². The van der Waals surface area contributed by atoms with Gasteiger partial charge in [-0.1, -0.05) is 42.5 Å². The van der Waals surface area contributed by atoms with Gasteiger partial charge >= 0.3 is 0 Å². The molecule has 0 aliphatic carbocycles. The number of rotatable bonds is 5. The van der Waals surface area contributed by atoms with Crippen molar-refractivity contribution in [2.75, 3.05) is 18.0 Å². The maximum Gasteiger partial charge on any atom is 0.262 e. The molecule has 148 valence electrons. The minimum absolute atomic E-state index is 0.141. The fraction of sp³-hybridized carbons (Fsp3) is 0.227. The number of fused-ring (bicyclic) bond motifs is 1. The van der Waals surface area contributed by atoms with Gasteiger partial charge in [0.2, 0.25) is 0 Å². The van der Waals surface area contributed by atoms with E-state index in [1.807, 2.05) is 48.5 Å². The zero-order valence-corrected chi connectivity index (χ0v) is 16.1. The third-order valence-corrected chi connectivity index (χ3v) is 4.82. The summed E-state index contributed by atoms with van der Waals surface area (Å²) in [5, 5.41) is 6.99. The molecule has 0 saturated heterocycles. The lowest BCUT2D eigenvalue weighted by atomic mass is 10.1. The highest BCUT2D eigenvalue weighted by atomic mass is 16.5. The zero-order valence-electron chi connectivity index (χ0n) is 16.1. The van der Waals surface area contributed by atoms with E-state index in [1.165, 1.54) is 6.20 Å². The molecule has 2 heterocycles. The van der Waals surface area contributed by atoms with Crippen LogP contribution in [0.5, 0.6) is 5.75 Å². The van der Waals surface area contributed by atoms with Crippen molar-refractivity contribution in [3.8, 4) is 5.75 Å². The molecule has 7 nitrogen and oxygen atoms in total. The van der Waals surface area contributed by atoms with E-state index in [1.54, 1.807) is 28.9 Å². The van der Waals surface area contributed by atoms with Crippen molar-refractivity contribution in [2.45, 2.75) is 12.5 Å². The fourth-order valence-electron chi connectivity index (χ4n) is 3.34. The first-order valence-electron chi connectivity index (χ1n) is 9.49. The molecule has 2 amide bonds. The number of aryl methyl sites for hydroxylation is 1. The van der Waals surface area contributed by atoms with Gasteiger partial charge in [0.1, 0.15) is 5.75 Å². The number of ether oxygens (including phenoxy) is 1. The van der Waals surface area contributed by atoms with Crippen LogP contribution in [0.15, 0.2) is 67.0 Å². The van der Waals surface area contributed by atoms with Gasteiger partial charge < -0.3 is 15.0 Å². The summed E-state index contributed by atoms with van der Waals surface area (Å²) in [6.45, 7) is 0.642. The predicted octanol–water partition coefficient (Wildman–Crippen LogP) is 2.19. The zero-order chi connectivity index (χ0) is 20.2. The summed E-state index contributed by atoms with van der Waals surface area (Å²) in [4.78, 5) is 27.3. The van der Waals surface area contributed by atoms with E-state index < -0.39 is 6.10 Å². The van der Waals surface area contributed by atoms with Gasteiger partial charge in [0.25, 0.3) is 11.8 Å². The van der Waals surface area contributed by atoms with Gasteiger partial charge in [-0.2, -0.15) is 5.10 Å². The molecule has 3 aromatic rings. The van der Waals surface area contributed by atoms with Crippen molar-refractivity contribution in [2.24, 2.45) is 7.05 Å². The number of hydrogen-bond donors (Lipinski definition) is 1. The Morgan fingerprint density at radius 1 is 1.14 bits per heavy atom. The van der Waals surface area contributed by atoms with Crippen molar-refractivity contribution in [1.29, 1.82) is 0 Å². The molecule has 1 aliphatic heterocycles. The van der Waals surface area contributed by atoms with Crippen LogP contribution in [-0.4, -0.2) is 40.8 Å². The molecule has 29 heavy (non-hydrogen) atoms. The number of carbonyl (C=O) groups excluding carboxylic acids is 2. The summed E-state index contributed by atoms with van der Waals surface area (Å²) in [7, 11) is 1.76. The maximum absolute atomic E-state index is 13.0. The number of hydrogen-bond acceptors (Lipinski definition) is 4. The molecule has 1 atom stereocenters. The number of carbonyl (C=O) groups is 2. The van der Waals surface area contributed by atoms with Crippen LogP contribution in [-0.2, 0) is 18.3 Å². The molecule has 1 N–H and O–H groups in total. The van der Waals surface area contributed by atoms with Gasteiger partial charge in [-0.05, 0) is 24.1 Å². The van der Waals surface area contributed by atoms with Gasteiger partial charge in [-0.25, -0.2) is 0 Å². The normalized spacial score (nSPS) is 15.3. The number of benzene rings is 2. The van der Waals surface area contributed by atoms with Crippen molar-refractivity contribution in [3.05, 3.63) is 78.1 Å². The number of para-hydroxylation sites is 2. The quantitative estimate of drug-likeness (QED) is 0.725. The number of amides is 2. The number of nitrogens with zero attached hydrogens (tertiary/aromatic N) is 3. The van der Waals surface area contributed by atoms with E-state index in [9.17, 15) is 9.59 Å². The molecular formula is C22H22N4O3. The molecule has 0 radical (unpaired) electrons. The summed E-state index contributed by atoms with van der Waals surface area (Å²) in [6.07, 6.45) is 3.14. The van der Waals surface area contributed by atoms with E-state index >= 15 is 0 Å². The van der Waals surface area contributed by atoms with Crippen LogP contribution >= 0.6 is 0 Å². The number of aromatic nitrogens is 2. The van der Waals surface area contributed by atoms with E-state index in [2.05, 4.69) is 10.4 Å². The number of nitrogens with one attached hydrogen (secondary N) is 1. The first-order valence-corrected chi connectivity index (χ1v) is 9.49. The summed E-state index contributed by atoms with van der Waals surface area (Å²) < 4.78 is 7.47. The lowest BCUT2D eigenvalue weighted by molar-refractivity contribution is -0.127. The fourth-order valence-corrected chi connectivity index (χ4v) is 3.34. The maximum atomic E-state index is 13.0. The molecule has 7 heteroatoms. The molecule has 0 saturated carbocycles. The predicted molar refractivity (Wildman–Crippen MR) is 109 cm³/mol. The van der Waals surface area contributed by atoms with Crippen LogP contribution in [0, 0.1) is 0 Å². The Morgan fingerprint density at radius 2 is 1.90 bits per heavy atom. The Labute approximate surface area is 168 Å². The van der Waals surface area contributed by atoms with Crippen molar-refractivity contribution >= 4 is 17.5 Å². The van der Waals surface area contributed by atoms with Crippen LogP contribution in [0.1, 0.15) is 15.9 Å². The minimum Gasteiger partial charge on any atom is -0.477 e. The Hall–Kier alpha value is -3.61. The van der Waals surface area contributed by atoms with Crippen LogP contribution in [0.3, 0.4) is 0 Å². The summed E-state index contributed by atoms with van der Waals surface area (Å²) in [5.74, 6) is 0.0644. The van der Waals surface area contributed by atoms with Crippen LogP contribution in [0.25, 0.3) is 0 Å². The van der Waals surface area contributed by atoms with Crippen LogP contribution in [0.4, 0.5) is 5.69 Å². The Morgan fingerprint density at radius 3 is 2.66 bits per heavy atom. The Kier molecular flexibility index (Phi) is 5.29. The topological polar surface area (TPSA) is 76.5 Å². The first-order chi connectivity index (χ1) is 14.1. The van der Waals surface area contributed by atoms with Crippen molar-refractivity contribution in [3.63, 3.8) is 0 Å². The average molecular weight is 390 g/mol.